The molecule has 0 aromatic heterocycles. The molecule has 1 heterocycles. The van der Waals surface area contributed by atoms with E-state index >= 15 is 0 Å². The third-order valence-corrected chi connectivity index (χ3v) is 7.77. The SMILES string of the molecule is CCCCCCCCC1(c2ccc(F)c(F)c2)CN(Cc2cc(C(F)(F)F)cc(C(F)(F)F)c2)C(=O)C(Cl)(CC)O1.O.O. The first-order chi connectivity index (χ1) is 19.0. The molecule has 1 fully saturated rings. The van der Waals surface area contributed by atoms with Gasteiger partial charge >= 0.3 is 12.4 Å². The van der Waals surface area contributed by atoms with Crippen molar-refractivity contribution in [1.82, 2.24) is 4.90 Å². The highest BCUT2D eigenvalue weighted by Crippen LogP contribution is 2.45. The highest BCUT2D eigenvalue weighted by molar-refractivity contribution is 6.33. The van der Waals surface area contributed by atoms with E-state index in [1.54, 1.807) is 0 Å². The molecule has 0 bridgehead atoms. The van der Waals surface area contributed by atoms with Gasteiger partial charge in [0.25, 0.3) is 5.91 Å². The van der Waals surface area contributed by atoms with Gasteiger partial charge in [0.05, 0.1) is 17.7 Å². The van der Waals surface area contributed by atoms with Crippen LogP contribution in [-0.2, 0) is 34.0 Å². The number of alkyl halides is 7. The number of morpholine rings is 1. The van der Waals surface area contributed by atoms with E-state index in [0.29, 0.717) is 18.6 Å². The van der Waals surface area contributed by atoms with E-state index in [9.17, 15) is 39.9 Å². The minimum Gasteiger partial charge on any atom is -0.412 e. The van der Waals surface area contributed by atoms with Gasteiger partial charge < -0.3 is 20.6 Å². The van der Waals surface area contributed by atoms with E-state index in [4.69, 9.17) is 16.3 Å². The van der Waals surface area contributed by atoms with Crippen molar-refractivity contribution in [3.05, 3.63) is 70.3 Å². The van der Waals surface area contributed by atoms with E-state index in [0.717, 1.165) is 49.1 Å². The van der Waals surface area contributed by atoms with Crippen molar-refractivity contribution >= 4 is 17.5 Å². The Morgan fingerprint density at radius 3 is 1.91 bits per heavy atom. The number of hydrogen-bond donors (Lipinski definition) is 0. The second kappa shape index (κ2) is 15.0. The van der Waals surface area contributed by atoms with Crippen molar-refractivity contribution in [1.29, 1.82) is 0 Å². The summed E-state index contributed by atoms with van der Waals surface area (Å²) in [6, 6.07) is 4.19. The molecule has 1 saturated heterocycles. The lowest BCUT2D eigenvalue weighted by atomic mass is 9.84. The second-order valence-corrected chi connectivity index (χ2v) is 11.0. The molecular weight excluding hydrogens is 614 g/mol. The maximum Gasteiger partial charge on any atom is 0.416 e. The Labute approximate surface area is 249 Å². The first-order valence-corrected chi connectivity index (χ1v) is 13.8. The van der Waals surface area contributed by atoms with Crippen LogP contribution in [0, 0.1) is 11.6 Å². The van der Waals surface area contributed by atoms with E-state index in [-0.39, 0.29) is 42.0 Å². The Bertz CT molecular complexity index is 1190. The highest BCUT2D eigenvalue weighted by atomic mass is 35.5. The maximum atomic E-state index is 14.4. The Morgan fingerprint density at radius 1 is 0.837 bits per heavy atom. The minimum absolute atomic E-state index is 0. The number of rotatable bonds is 11. The van der Waals surface area contributed by atoms with Gasteiger partial charge in [-0.3, -0.25) is 4.79 Å². The minimum atomic E-state index is -5.07. The van der Waals surface area contributed by atoms with Gasteiger partial charge in [-0.15, -0.1) is 0 Å². The van der Waals surface area contributed by atoms with Crippen LogP contribution < -0.4 is 0 Å². The van der Waals surface area contributed by atoms with E-state index in [1.165, 1.54) is 13.0 Å². The molecule has 1 aliphatic heterocycles. The average Bonchev–Trinajstić information content (AvgIpc) is 2.89. The second-order valence-electron chi connectivity index (χ2n) is 10.4. The standard InChI is InChI=1S/C29H32ClF8NO2.2H2O/c1-3-5-6-7-8-9-12-26(20-10-11-23(31)24(32)16-20)18-39(25(40)27(30,4-2)41-26)17-19-13-21(28(33,34)35)15-22(14-19)29(36,37)38;;/h10-11,13-16H,3-9,12,17-18H2,1-2H3;2*1H2. The lowest BCUT2D eigenvalue weighted by molar-refractivity contribution is -0.201. The third kappa shape index (κ3) is 9.26. The lowest BCUT2D eigenvalue weighted by Gasteiger charge is -2.49. The van der Waals surface area contributed by atoms with Gasteiger partial charge in [-0.25, -0.2) is 8.78 Å². The molecule has 2 unspecified atom stereocenters. The van der Waals surface area contributed by atoms with Gasteiger partial charge in [-0.05, 0) is 54.3 Å². The summed E-state index contributed by atoms with van der Waals surface area (Å²) in [5.41, 5.74) is -4.80. The summed E-state index contributed by atoms with van der Waals surface area (Å²) < 4.78 is 115. The molecule has 14 heteroatoms. The Balaban J connectivity index is 0.00000462. The van der Waals surface area contributed by atoms with Gasteiger partial charge in [0.1, 0.15) is 5.60 Å². The van der Waals surface area contributed by atoms with Crippen molar-refractivity contribution in [2.24, 2.45) is 0 Å². The normalized spacial score (nSPS) is 20.9. The van der Waals surface area contributed by atoms with Crippen LogP contribution in [0.3, 0.4) is 0 Å². The Kier molecular flexibility index (Phi) is 13.4. The van der Waals surface area contributed by atoms with Crippen molar-refractivity contribution in [3.63, 3.8) is 0 Å². The summed E-state index contributed by atoms with van der Waals surface area (Å²) in [5, 5.41) is -2.04. The Hall–Kier alpha value is -2.48. The summed E-state index contributed by atoms with van der Waals surface area (Å²) in [6.45, 7) is 2.59. The van der Waals surface area contributed by atoms with Crippen LogP contribution >= 0.6 is 11.6 Å². The average molecular weight is 650 g/mol. The van der Waals surface area contributed by atoms with Crippen molar-refractivity contribution in [2.45, 2.75) is 94.8 Å². The number of amides is 1. The number of halogens is 9. The predicted octanol–water partition coefficient (Wildman–Crippen LogP) is 7.70. The van der Waals surface area contributed by atoms with Gasteiger partial charge in [0, 0.05) is 6.54 Å². The van der Waals surface area contributed by atoms with E-state index in [1.807, 2.05) is 0 Å². The van der Waals surface area contributed by atoms with Crippen molar-refractivity contribution < 1.29 is 55.6 Å². The molecule has 0 spiro atoms. The van der Waals surface area contributed by atoms with Gasteiger partial charge in [0.15, 0.2) is 11.6 Å². The zero-order chi connectivity index (χ0) is 30.6. The summed E-state index contributed by atoms with van der Waals surface area (Å²) >= 11 is 6.62. The molecule has 5 nitrogen and oxygen atoms in total. The van der Waals surface area contributed by atoms with Crippen LogP contribution in [-0.4, -0.2) is 33.4 Å². The third-order valence-electron chi connectivity index (χ3n) is 7.27. The van der Waals surface area contributed by atoms with Crippen LogP contribution in [0.15, 0.2) is 36.4 Å². The molecule has 43 heavy (non-hydrogen) atoms. The number of hydrogen-bond acceptors (Lipinski definition) is 2. The van der Waals surface area contributed by atoms with Crippen LogP contribution in [0.5, 0.6) is 0 Å². The van der Waals surface area contributed by atoms with Gasteiger partial charge in [-0.1, -0.05) is 70.0 Å². The lowest BCUT2D eigenvalue weighted by Crippen LogP contribution is -2.61. The van der Waals surface area contributed by atoms with E-state index in [2.05, 4.69) is 6.92 Å². The highest BCUT2D eigenvalue weighted by Gasteiger charge is 2.53. The zero-order valence-corrected chi connectivity index (χ0v) is 24.5. The summed E-state index contributed by atoms with van der Waals surface area (Å²) in [5.74, 6) is -3.15. The number of nitrogens with zero attached hydrogens (tertiary/aromatic N) is 1. The number of carbonyl (C=O) groups excluding carboxylic acids is 1. The first kappa shape index (κ1) is 38.5. The smallest absolute Gasteiger partial charge is 0.412 e. The molecule has 0 radical (unpaired) electrons. The summed E-state index contributed by atoms with van der Waals surface area (Å²) in [6.07, 6.45) is -4.87. The molecule has 3 rings (SSSR count). The monoisotopic (exact) mass is 649 g/mol. The fourth-order valence-corrected chi connectivity index (χ4v) is 5.35. The van der Waals surface area contributed by atoms with Crippen LogP contribution in [0.25, 0.3) is 0 Å². The first-order valence-electron chi connectivity index (χ1n) is 13.5. The van der Waals surface area contributed by atoms with Crippen molar-refractivity contribution in [3.8, 4) is 0 Å². The fourth-order valence-electron chi connectivity index (χ4n) is 5.08. The summed E-state index contributed by atoms with van der Waals surface area (Å²) in [7, 11) is 0. The quantitative estimate of drug-likeness (QED) is 0.142. The molecule has 2 atom stereocenters. The number of benzene rings is 2. The summed E-state index contributed by atoms with van der Waals surface area (Å²) in [4.78, 5) is 14.5. The number of ether oxygens (including phenoxy) is 1. The molecule has 2 aromatic rings. The molecule has 1 aliphatic rings. The maximum absolute atomic E-state index is 14.4. The molecule has 0 saturated carbocycles. The number of carbonyl (C=O) groups is 1. The molecule has 244 valence electrons. The zero-order valence-electron chi connectivity index (χ0n) is 23.7. The molecule has 0 aliphatic carbocycles. The molecule has 1 amide bonds. The number of unbranched alkanes of at least 4 members (excludes halogenated alkanes) is 5. The van der Waals surface area contributed by atoms with Crippen molar-refractivity contribution in [2.75, 3.05) is 6.54 Å². The van der Waals surface area contributed by atoms with Gasteiger partial charge in [0.2, 0.25) is 5.06 Å². The van der Waals surface area contributed by atoms with Crippen LogP contribution in [0.1, 0.15) is 87.5 Å². The van der Waals surface area contributed by atoms with Gasteiger partial charge in [-0.2, -0.15) is 26.3 Å². The molecule has 2 aromatic carbocycles. The molecular formula is C29H36ClF8NO4. The predicted molar refractivity (Wildman–Crippen MR) is 145 cm³/mol. The van der Waals surface area contributed by atoms with Crippen LogP contribution in [0.2, 0.25) is 0 Å². The Morgan fingerprint density at radius 2 is 1.40 bits per heavy atom. The fraction of sp³-hybridized carbons (Fsp3) is 0.552. The largest absolute Gasteiger partial charge is 0.416 e. The van der Waals surface area contributed by atoms with E-state index < -0.39 is 63.8 Å². The molecule has 4 N–H and O–H groups in total. The van der Waals surface area contributed by atoms with Crippen LogP contribution in [0.4, 0.5) is 35.1 Å². The topological polar surface area (TPSA) is 92.5 Å².